The first-order chi connectivity index (χ1) is 9.10. The molecule has 0 saturated carbocycles. The Labute approximate surface area is 110 Å². The zero-order valence-corrected chi connectivity index (χ0v) is 10.5. The van der Waals surface area contributed by atoms with E-state index in [4.69, 9.17) is 16.2 Å². The topological polar surface area (TPSA) is 104 Å². The number of nitrogen functional groups attached to an aromatic ring is 1. The third-order valence-corrected chi connectivity index (χ3v) is 2.65. The molecule has 0 saturated heterocycles. The van der Waals surface area contributed by atoms with Gasteiger partial charge in [-0.1, -0.05) is 12.1 Å². The first-order valence-electron chi connectivity index (χ1n) is 5.64. The number of primary amides is 1. The highest BCUT2D eigenvalue weighted by Crippen LogP contribution is 2.14. The van der Waals surface area contributed by atoms with Crippen LogP contribution < -0.4 is 16.2 Å². The summed E-state index contributed by atoms with van der Waals surface area (Å²) in [6.45, 7) is 0. The third kappa shape index (κ3) is 2.98. The van der Waals surface area contributed by atoms with Gasteiger partial charge in [-0.3, -0.25) is 4.79 Å². The van der Waals surface area contributed by atoms with Crippen LogP contribution in [0.4, 0.5) is 5.82 Å². The maximum Gasteiger partial charge on any atom is 0.254 e. The molecule has 1 aromatic carbocycles. The molecule has 0 bridgehead atoms. The molecule has 0 aliphatic heterocycles. The van der Waals surface area contributed by atoms with Crippen LogP contribution in [0.1, 0.15) is 21.7 Å². The van der Waals surface area contributed by atoms with Gasteiger partial charge in [-0.25, -0.2) is 9.97 Å². The van der Waals surface area contributed by atoms with Crippen LogP contribution in [0.5, 0.6) is 5.75 Å². The van der Waals surface area contributed by atoms with Crippen LogP contribution in [0.3, 0.4) is 0 Å². The van der Waals surface area contributed by atoms with Crippen molar-refractivity contribution in [2.24, 2.45) is 5.73 Å². The highest BCUT2D eigenvalue weighted by Gasteiger charge is 2.09. The number of ether oxygens (including phenoxy) is 1. The van der Waals surface area contributed by atoms with E-state index >= 15 is 0 Å². The quantitative estimate of drug-likeness (QED) is 0.842. The first-order valence-corrected chi connectivity index (χ1v) is 5.64. The normalized spacial score (nSPS) is 10.2. The van der Waals surface area contributed by atoms with Gasteiger partial charge in [0.15, 0.2) is 0 Å². The maximum absolute atomic E-state index is 11.0. The van der Waals surface area contributed by atoms with Gasteiger partial charge in [0, 0.05) is 12.6 Å². The second-order valence-corrected chi connectivity index (χ2v) is 3.97. The Morgan fingerprint density at radius 2 is 2.00 bits per heavy atom. The van der Waals surface area contributed by atoms with Gasteiger partial charge in [0.25, 0.3) is 5.91 Å². The Hall–Kier alpha value is -2.63. The van der Waals surface area contributed by atoms with Crippen LogP contribution in [-0.4, -0.2) is 23.0 Å². The lowest BCUT2D eigenvalue weighted by Crippen LogP contribution is -2.16. The summed E-state index contributed by atoms with van der Waals surface area (Å²) in [6.07, 6.45) is 1.87. The van der Waals surface area contributed by atoms with Gasteiger partial charge in [0.05, 0.1) is 12.7 Å². The summed E-state index contributed by atoms with van der Waals surface area (Å²) in [5.74, 6) is 0.792. The number of rotatable bonds is 4. The second-order valence-electron chi connectivity index (χ2n) is 3.97. The molecule has 6 heteroatoms. The van der Waals surface area contributed by atoms with E-state index in [9.17, 15) is 4.79 Å². The Balaban J connectivity index is 2.18. The molecule has 0 fully saturated rings. The van der Waals surface area contributed by atoms with Crippen molar-refractivity contribution >= 4 is 11.7 Å². The second kappa shape index (κ2) is 5.34. The van der Waals surface area contributed by atoms with E-state index in [1.165, 1.54) is 6.20 Å². The van der Waals surface area contributed by atoms with E-state index in [2.05, 4.69) is 9.97 Å². The molecule has 1 amide bonds. The molecule has 6 nitrogen and oxygen atoms in total. The summed E-state index contributed by atoms with van der Waals surface area (Å²) in [5, 5.41) is 0. The van der Waals surface area contributed by atoms with Crippen LogP contribution in [-0.2, 0) is 6.42 Å². The number of amides is 1. The van der Waals surface area contributed by atoms with E-state index < -0.39 is 5.91 Å². The lowest BCUT2D eigenvalue weighted by atomic mass is 10.1. The molecule has 0 spiro atoms. The number of nitrogens with zero attached hydrogens (tertiary/aromatic N) is 2. The number of carbonyl (C=O) groups excluding carboxylic acids is 1. The molecule has 1 aromatic heterocycles. The largest absolute Gasteiger partial charge is 0.497 e. The van der Waals surface area contributed by atoms with Crippen molar-refractivity contribution in [3.63, 3.8) is 0 Å². The average molecular weight is 258 g/mol. The minimum absolute atomic E-state index is 0.103. The van der Waals surface area contributed by atoms with Crippen LogP contribution in [0, 0.1) is 0 Å². The molecule has 0 radical (unpaired) electrons. The van der Waals surface area contributed by atoms with Crippen molar-refractivity contribution in [2.45, 2.75) is 6.42 Å². The van der Waals surface area contributed by atoms with E-state index in [1.807, 2.05) is 24.3 Å². The Kier molecular flexibility index (Phi) is 3.61. The average Bonchev–Trinajstić information content (AvgIpc) is 2.39. The van der Waals surface area contributed by atoms with Gasteiger partial charge in [-0.2, -0.15) is 0 Å². The molecule has 4 N–H and O–H groups in total. The smallest absolute Gasteiger partial charge is 0.254 e. The monoisotopic (exact) mass is 258 g/mol. The number of carbonyl (C=O) groups is 1. The molecule has 1 heterocycles. The molecule has 0 aliphatic rings. The number of benzene rings is 1. The number of methoxy groups -OCH3 is 1. The van der Waals surface area contributed by atoms with E-state index in [0.717, 1.165) is 11.3 Å². The predicted molar refractivity (Wildman–Crippen MR) is 70.8 cm³/mol. The van der Waals surface area contributed by atoms with Gasteiger partial charge in [0.1, 0.15) is 17.4 Å². The van der Waals surface area contributed by atoms with Gasteiger partial charge >= 0.3 is 0 Å². The lowest BCUT2D eigenvalue weighted by molar-refractivity contribution is 0.100. The van der Waals surface area contributed by atoms with Crippen molar-refractivity contribution < 1.29 is 9.53 Å². The molecule has 98 valence electrons. The van der Waals surface area contributed by atoms with Crippen LogP contribution >= 0.6 is 0 Å². The number of hydrogen-bond acceptors (Lipinski definition) is 5. The maximum atomic E-state index is 11.0. The van der Waals surface area contributed by atoms with Gasteiger partial charge in [-0.15, -0.1) is 0 Å². The number of aromatic nitrogens is 2. The van der Waals surface area contributed by atoms with Gasteiger partial charge < -0.3 is 16.2 Å². The van der Waals surface area contributed by atoms with Gasteiger partial charge in [-0.05, 0) is 17.7 Å². The van der Waals surface area contributed by atoms with Crippen LogP contribution in [0.2, 0.25) is 0 Å². The van der Waals surface area contributed by atoms with Gasteiger partial charge in [0.2, 0.25) is 0 Å². The summed E-state index contributed by atoms with van der Waals surface area (Å²) >= 11 is 0. The predicted octanol–water partition coefficient (Wildman–Crippen LogP) is 0.757. The first kappa shape index (κ1) is 12.8. The molecule has 0 atom stereocenters. The summed E-state index contributed by atoms with van der Waals surface area (Å²) in [6, 6.07) is 7.55. The standard InChI is InChI=1S/C13H14N4O2/c1-19-9-4-2-8(3-5-9)6-11-16-7-10(13(15)18)12(14)17-11/h2-5,7H,6H2,1H3,(H2,15,18)(H2,14,16,17). The Morgan fingerprint density at radius 3 is 2.53 bits per heavy atom. The van der Waals surface area contributed by atoms with Crippen molar-refractivity contribution in [3.05, 3.63) is 47.4 Å². The fourth-order valence-corrected chi connectivity index (χ4v) is 1.63. The SMILES string of the molecule is COc1ccc(Cc2ncc(C(N)=O)c(N)n2)cc1. The number of hydrogen-bond donors (Lipinski definition) is 2. The van der Waals surface area contributed by atoms with Crippen molar-refractivity contribution in [1.82, 2.24) is 9.97 Å². The zero-order chi connectivity index (χ0) is 13.8. The fourth-order valence-electron chi connectivity index (χ4n) is 1.63. The highest BCUT2D eigenvalue weighted by atomic mass is 16.5. The van der Waals surface area contributed by atoms with Crippen LogP contribution in [0.25, 0.3) is 0 Å². The number of anilines is 1. The molecule has 2 rings (SSSR count). The molecular weight excluding hydrogens is 244 g/mol. The van der Waals surface area contributed by atoms with Crippen LogP contribution in [0.15, 0.2) is 30.5 Å². The molecular formula is C13H14N4O2. The lowest BCUT2D eigenvalue weighted by Gasteiger charge is -2.05. The summed E-state index contributed by atoms with van der Waals surface area (Å²) in [4.78, 5) is 19.2. The highest BCUT2D eigenvalue weighted by molar-refractivity contribution is 5.96. The number of nitrogens with two attached hydrogens (primary N) is 2. The molecule has 2 aromatic rings. The molecule has 0 unspecified atom stereocenters. The molecule has 19 heavy (non-hydrogen) atoms. The summed E-state index contributed by atoms with van der Waals surface area (Å²) < 4.78 is 5.08. The van der Waals surface area contributed by atoms with E-state index in [-0.39, 0.29) is 11.4 Å². The van der Waals surface area contributed by atoms with Crippen molar-refractivity contribution in [2.75, 3.05) is 12.8 Å². The van der Waals surface area contributed by atoms with Crippen molar-refractivity contribution in [3.8, 4) is 5.75 Å². The zero-order valence-electron chi connectivity index (χ0n) is 10.5. The summed E-state index contributed by atoms with van der Waals surface area (Å²) in [7, 11) is 1.61. The van der Waals surface area contributed by atoms with E-state index in [1.54, 1.807) is 7.11 Å². The summed E-state index contributed by atoms with van der Waals surface area (Å²) in [5.41, 5.74) is 11.9. The fraction of sp³-hybridized carbons (Fsp3) is 0.154. The molecule has 0 aliphatic carbocycles. The minimum Gasteiger partial charge on any atom is -0.497 e. The minimum atomic E-state index is -0.631. The van der Waals surface area contributed by atoms with E-state index in [0.29, 0.717) is 12.2 Å². The third-order valence-electron chi connectivity index (χ3n) is 2.65. The Morgan fingerprint density at radius 1 is 1.32 bits per heavy atom. The Bertz CT molecular complexity index is 596. The van der Waals surface area contributed by atoms with Crippen molar-refractivity contribution in [1.29, 1.82) is 0 Å².